The number of hydrogen-bond donors (Lipinski definition) is 3. The van der Waals surface area contributed by atoms with E-state index in [9.17, 15) is 14.4 Å². The maximum Gasteiger partial charge on any atom is 0.263 e. The predicted octanol–water partition coefficient (Wildman–Crippen LogP) is 1.19. The summed E-state index contributed by atoms with van der Waals surface area (Å²) in [4.78, 5) is 35.5. The maximum atomic E-state index is 12.1. The summed E-state index contributed by atoms with van der Waals surface area (Å²) in [5.74, 6) is -0.905. The first-order valence-electron chi connectivity index (χ1n) is 8.61. The summed E-state index contributed by atoms with van der Waals surface area (Å²) in [5.41, 5.74) is 7.76. The number of benzene rings is 1. The normalized spacial score (nSPS) is 13.3. The summed E-state index contributed by atoms with van der Waals surface area (Å²) in [7, 11) is 0. The van der Waals surface area contributed by atoms with Crippen molar-refractivity contribution in [2.75, 3.05) is 12.3 Å². The van der Waals surface area contributed by atoms with Crippen molar-refractivity contribution < 1.29 is 14.4 Å². The summed E-state index contributed by atoms with van der Waals surface area (Å²) in [6.07, 6.45) is 3.15. The Labute approximate surface area is 150 Å². The zero-order chi connectivity index (χ0) is 18.7. The Hall–Kier alpha value is -3.16. The Morgan fingerprint density at radius 2 is 2.00 bits per heavy atom. The maximum absolute atomic E-state index is 12.1. The lowest BCUT2D eigenvalue weighted by Gasteiger charge is -2.09. The van der Waals surface area contributed by atoms with E-state index in [0.29, 0.717) is 23.5 Å². The van der Waals surface area contributed by atoms with Gasteiger partial charge >= 0.3 is 0 Å². The lowest BCUT2D eigenvalue weighted by atomic mass is 10.1. The molecule has 0 spiro atoms. The number of aromatic nitrogens is 2. The number of nitrogens with one attached hydrogen (secondary N) is 2. The van der Waals surface area contributed by atoms with E-state index < -0.39 is 11.8 Å². The van der Waals surface area contributed by atoms with Gasteiger partial charge in [0.25, 0.3) is 11.8 Å². The second-order valence-electron chi connectivity index (χ2n) is 6.18. The van der Waals surface area contributed by atoms with Crippen molar-refractivity contribution in [2.24, 2.45) is 0 Å². The molecule has 136 valence electrons. The fourth-order valence-corrected chi connectivity index (χ4v) is 2.86. The smallest absolute Gasteiger partial charge is 0.263 e. The minimum Gasteiger partial charge on any atom is -0.383 e. The van der Waals surface area contributed by atoms with Crippen LogP contribution in [-0.2, 0) is 11.2 Å². The summed E-state index contributed by atoms with van der Waals surface area (Å²) in [5, 5.41) is 9.38. The van der Waals surface area contributed by atoms with Crippen LogP contribution in [0.25, 0.3) is 5.69 Å². The number of unbranched alkanes of at least 4 members (excludes halogenated alkanes) is 2. The molecule has 3 rings (SSSR count). The van der Waals surface area contributed by atoms with E-state index in [1.165, 1.54) is 4.68 Å². The molecule has 3 amide bonds. The van der Waals surface area contributed by atoms with E-state index >= 15 is 0 Å². The number of nitrogen functional groups attached to an aromatic ring is 1. The van der Waals surface area contributed by atoms with Crippen molar-refractivity contribution in [1.29, 1.82) is 0 Å². The SMILES string of the molecule is CCCCCNC(=O)c1ccc(-n2nc3c(c2N)C(=O)NC(=O)C3)cc1. The van der Waals surface area contributed by atoms with Crippen LogP contribution in [0.5, 0.6) is 0 Å². The lowest BCUT2D eigenvalue weighted by Crippen LogP contribution is -2.37. The van der Waals surface area contributed by atoms with Gasteiger partial charge < -0.3 is 11.1 Å². The number of nitrogens with two attached hydrogens (primary N) is 1. The highest BCUT2D eigenvalue weighted by Crippen LogP contribution is 2.24. The van der Waals surface area contributed by atoms with Gasteiger partial charge in [-0.05, 0) is 30.7 Å². The van der Waals surface area contributed by atoms with Crippen LogP contribution >= 0.6 is 0 Å². The molecule has 0 saturated carbocycles. The van der Waals surface area contributed by atoms with Gasteiger partial charge in [-0.15, -0.1) is 0 Å². The highest BCUT2D eigenvalue weighted by atomic mass is 16.2. The van der Waals surface area contributed by atoms with Gasteiger partial charge in [-0.3, -0.25) is 19.7 Å². The van der Waals surface area contributed by atoms with Gasteiger partial charge in [0.05, 0.1) is 17.8 Å². The van der Waals surface area contributed by atoms with Gasteiger partial charge in [-0.25, -0.2) is 4.68 Å². The van der Waals surface area contributed by atoms with Crippen molar-refractivity contribution in [1.82, 2.24) is 20.4 Å². The first-order valence-corrected chi connectivity index (χ1v) is 8.61. The quantitative estimate of drug-likeness (QED) is 0.531. The molecule has 0 bridgehead atoms. The van der Waals surface area contributed by atoms with Crippen LogP contribution in [0.3, 0.4) is 0 Å². The summed E-state index contributed by atoms with van der Waals surface area (Å²) in [6, 6.07) is 6.76. The monoisotopic (exact) mass is 355 g/mol. The molecule has 1 aliphatic rings. The van der Waals surface area contributed by atoms with E-state index in [1.807, 2.05) is 0 Å². The second kappa shape index (κ2) is 7.38. The molecule has 1 aromatic heterocycles. The van der Waals surface area contributed by atoms with Crippen LogP contribution < -0.4 is 16.4 Å². The Kier molecular flexibility index (Phi) is 5.01. The number of rotatable bonds is 6. The van der Waals surface area contributed by atoms with Crippen LogP contribution in [0.15, 0.2) is 24.3 Å². The van der Waals surface area contributed by atoms with Crippen molar-refractivity contribution >= 4 is 23.5 Å². The van der Waals surface area contributed by atoms with Crippen molar-refractivity contribution in [3.05, 3.63) is 41.1 Å². The van der Waals surface area contributed by atoms with Gasteiger partial charge in [0, 0.05) is 12.1 Å². The molecule has 0 saturated heterocycles. The minimum atomic E-state index is -0.539. The standard InChI is InChI=1S/C18H21N5O3/c1-2-3-4-9-20-17(25)11-5-7-12(8-6-11)23-16(19)15-13(22-23)10-14(24)21-18(15)26/h5-8H,2-4,9-10,19H2,1H3,(H,20,25)(H,21,24,26). The number of carbonyl (C=O) groups excluding carboxylic acids is 3. The molecule has 0 atom stereocenters. The largest absolute Gasteiger partial charge is 0.383 e. The topological polar surface area (TPSA) is 119 Å². The van der Waals surface area contributed by atoms with E-state index in [2.05, 4.69) is 22.7 Å². The minimum absolute atomic E-state index is 0.0104. The van der Waals surface area contributed by atoms with E-state index in [0.717, 1.165) is 19.3 Å². The number of fused-ring (bicyclic) bond motifs is 1. The number of imide groups is 1. The first kappa shape index (κ1) is 17.7. The highest BCUT2D eigenvalue weighted by molar-refractivity contribution is 6.11. The fourth-order valence-electron chi connectivity index (χ4n) is 2.86. The number of anilines is 1. The molecule has 8 nitrogen and oxygen atoms in total. The Morgan fingerprint density at radius 3 is 2.69 bits per heavy atom. The molecule has 4 N–H and O–H groups in total. The molecule has 8 heteroatoms. The molecule has 1 aromatic carbocycles. The average Bonchev–Trinajstić information content (AvgIpc) is 2.95. The molecule has 26 heavy (non-hydrogen) atoms. The third-order valence-electron chi connectivity index (χ3n) is 4.24. The second-order valence-corrected chi connectivity index (χ2v) is 6.18. The molecule has 0 aliphatic carbocycles. The summed E-state index contributed by atoms with van der Waals surface area (Å²) >= 11 is 0. The molecule has 2 heterocycles. The van der Waals surface area contributed by atoms with Gasteiger partial charge in [0.1, 0.15) is 11.4 Å². The highest BCUT2D eigenvalue weighted by Gasteiger charge is 2.29. The third-order valence-corrected chi connectivity index (χ3v) is 4.24. The number of amides is 3. The molecular weight excluding hydrogens is 334 g/mol. The lowest BCUT2D eigenvalue weighted by molar-refractivity contribution is -0.119. The van der Waals surface area contributed by atoms with Gasteiger partial charge in [-0.1, -0.05) is 19.8 Å². The number of hydrogen-bond acceptors (Lipinski definition) is 5. The molecule has 0 unspecified atom stereocenters. The van der Waals surface area contributed by atoms with Gasteiger partial charge in [-0.2, -0.15) is 5.10 Å². The van der Waals surface area contributed by atoms with Gasteiger partial charge in [0.2, 0.25) is 5.91 Å². The fraction of sp³-hybridized carbons (Fsp3) is 0.333. The summed E-state index contributed by atoms with van der Waals surface area (Å²) < 4.78 is 1.41. The van der Waals surface area contributed by atoms with Crippen LogP contribution in [0.1, 0.15) is 52.6 Å². The van der Waals surface area contributed by atoms with Gasteiger partial charge in [0.15, 0.2) is 0 Å². The molecule has 2 aromatic rings. The zero-order valence-electron chi connectivity index (χ0n) is 14.5. The van der Waals surface area contributed by atoms with Crippen molar-refractivity contribution in [3.8, 4) is 5.69 Å². The number of nitrogens with zero attached hydrogens (tertiary/aromatic N) is 2. The molecule has 1 aliphatic heterocycles. The van der Waals surface area contributed by atoms with E-state index in [-0.39, 0.29) is 23.7 Å². The summed E-state index contributed by atoms with van der Waals surface area (Å²) in [6.45, 7) is 2.76. The average molecular weight is 355 g/mol. The van der Waals surface area contributed by atoms with Crippen LogP contribution in [0, 0.1) is 0 Å². The third kappa shape index (κ3) is 3.44. The van der Waals surface area contributed by atoms with Crippen LogP contribution in [0.2, 0.25) is 0 Å². The van der Waals surface area contributed by atoms with E-state index in [1.54, 1.807) is 24.3 Å². The Morgan fingerprint density at radius 1 is 1.27 bits per heavy atom. The predicted molar refractivity (Wildman–Crippen MR) is 96.0 cm³/mol. The van der Waals surface area contributed by atoms with Crippen LogP contribution in [-0.4, -0.2) is 34.0 Å². The zero-order valence-corrected chi connectivity index (χ0v) is 14.5. The molecule has 0 radical (unpaired) electrons. The van der Waals surface area contributed by atoms with Crippen molar-refractivity contribution in [2.45, 2.75) is 32.6 Å². The molecular formula is C18H21N5O3. The Balaban J connectivity index is 1.77. The Bertz CT molecular complexity index is 854. The number of carbonyl (C=O) groups is 3. The van der Waals surface area contributed by atoms with Crippen molar-refractivity contribution in [3.63, 3.8) is 0 Å². The molecule has 0 fully saturated rings. The van der Waals surface area contributed by atoms with Crippen LogP contribution in [0.4, 0.5) is 5.82 Å². The first-order chi connectivity index (χ1) is 12.5. The van der Waals surface area contributed by atoms with E-state index in [4.69, 9.17) is 5.73 Å².